The smallest absolute Gasteiger partial charge is 0.220 e. The quantitative estimate of drug-likeness (QED) is 0.0307. The molecule has 0 aromatic heterocycles. The molecule has 17 atom stereocenters. The van der Waals surface area contributed by atoms with Gasteiger partial charge in [0.05, 0.1) is 38.6 Å². The number of aliphatic hydroxyl groups excluding tert-OH is 11. The molecule has 3 rings (SSSR count). The van der Waals surface area contributed by atoms with Crippen LogP contribution in [0, 0.1) is 0 Å². The van der Waals surface area contributed by atoms with E-state index in [9.17, 15) is 61.0 Å². The zero-order valence-corrected chi connectivity index (χ0v) is 45.8. The van der Waals surface area contributed by atoms with E-state index in [-0.39, 0.29) is 18.9 Å². The van der Waals surface area contributed by atoms with Crippen molar-refractivity contribution in [1.82, 2.24) is 5.32 Å². The van der Waals surface area contributed by atoms with Gasteiger partial charge in [-0.1, -0.05) is 142 Å². The molecule has 3 aliphatic rings. The zero-order valence-electron chi connectivity index (χ0n) is 45.8. The Kier molecular flexibility index (Phi) is 36.5. The van der Waals surface area contributed by atoms with Crippen LogP contribution in [0.15, 0.2) is 109 Å². The van der Waals surface area contributed by atoms with Gasteiger partial charge >= 0.3 is 0 Å². The summed E-state index contributed by atoms with van der Waals surface area (Å²) < 4.78 is 34.0. The molecular weight excluding hydrogens is 1010 g/mol. The molecule has 3 heterocycles. The highest BCUT2D eigenvalue weighted by atomic mass is 16.8. The van der Waals surface area contributed by atoms with Gasteiger partial charge in [-0.3, -0.25) is 4.79 Å². The van der Waals surface area contributed by atoms with Crippen molar-refractivity contribution in [3.63, 3.8) is 0 Å². The van der Waals surface area contributed by atoms with Gasteiger partial charge in [0.15, 0.2) is 18.9 Å². The number of carbonyl (C=O) groups excluding carboxylic acids is 1. The number of rotatable bonds is 38. The Hall–Kier alpha value is -3.55. The van der Waals surface area contributed by atoms with Gasteiger partial charge in [0.1, 0.15) is 73.2 Å². The highest BCUT2D eigenvalue weighted by Gasteiger charge is 2.53. The maximum atomic E-state index is 13.2. The molecular formula is C59H95NO18. The molecule has 0 aromatic carbocycles. The second-order valence-electron chi connectivity index (χ2n) is 19.7. The molecule has 0 bridgehead atoms. The van der Waals surface area contributed by atoms with E-state index in [1.165, 1.54) is 0 Å². The van der Waals surface area contributed by atoms with Gasteiger partial charge in [0.25, 0.3) is 0 Å². The summed E-state index contributed by atoms with van der Waals surface area (Å²) in [5.74, 6) is -0.331. The minimum atomic E-state index is -1.99. The molecule has 0 aliphatic carbocycles. The van der Waals surface area contributed by atoms with Crippen molar-refractivity contribution in [2.24, 2.45) is 0 Å². The van der Waals surface area contributed by atoms with Gasteiger partial charge in [0.2, 0.25) is 5.91 Å². The highest BCUT2D eigenvalue weighted by molar-refractivity contribution is 5.76. The van der Waals surface area contributed by atoms with Gasteiger partial charge in [-0.15, -0.1) is 0 Å². The zero-order chi connectivity index (χ0) is 56.9. The van der Waals surface area contributed by atoms with Crippen LogP contribution in [-0.4, -0.2) is 193 Å². The first-order valence-electron chi connectivity index (χ1n) is 28.1. The minimum Gasteiger partial charge on any atom is -0.394 e. The SMILES string of the molecule is CC/C=C\C/C=C\C/C=C\C/C=C\C/C=C\C/C=C\C/C=C\C/C=C\CCCCC(=O)NC(COC1OC(CO)C(OC2OC(CO)C(OC3OC(CO)C(O)C(O)C3O)C(O)C2O)C(O)C1O)C(O)/C=C/CCCCCC. The summed E-state index contributed by atoms with van der Waals surface area (Å²) in [6.45, 7) is 1.42. The Morgan fingerprint density at radius 3 is 1.36 bits per heavy atom. The van der Waals surface area contributed by atoms with Crippen molar-refractivity contribution in [3.8, 4) is 0 Å². The van der Waals surface area contributed by atoms with Gasteiger partial charge in [-0.25, -0.2) is 0 Å². The molecule has 17 unspecified atom stereocenters. The first-order chi connectivity index (χ1) is 37.8. The molecule has 1 amide bonds. The molecule has 0 spiro atoms. The maximum absolute atomic E-state index is 13.2. The van der Waals surface area contributed by atoms with Gasteiger partial charge in [0, 0.05) is 6.42 Å². The molecule has 3 fully saturated rings. The van der Waals surface area contributed by atoms with Crippen LogP contribution < -0.4 is 5.32 Å². The molecule has 0 saturated carbocycles. The number of nitrogens with one attached hydrogen (secondary N) is 1. The standard InChI is InChI=1S/C59H95NO18/c1-3-5-7-9-11-12-13-14-15-16-17-18-19-20-21-22-23-24-25-26-27-28-29-30-31-33-35-37-47(65)60-42(43(64)36-34-32-10-8-6-4-2)41-73-57-53(71)50(68)55(45(39-62)75-57)78-59-54(72)51(69)56(46(40-63)76-59)77-58-52(70)49(67)48(66)44(38-61)74-58/h5,7,11-12,14-15,17-18,20-21,23-24,26-27,29-30,34,36,42-46,48-59,61-64,66-72H,3-4,6,8-10,13,16,19,22,25,28,31-33,35,37-41H2,1-2H3,(H,60,65)/b7-5-,12-11-,15-14-,18-17-,21-20-,24-23-,27-26-,30-29-,36-34+. The second-order valence-corrected chi connectivity index (χ2v) is 19.7. The lowest BCUT2D eigenvalue weighted by molar-refractivity contribution is -0.379. The maximum Gasteiger partial charge on any atom is 0.220 e. The van der Waals surface area contributed by atoms with Crippen molar-refractivity contribution in [1.29, 1.82) is 0 Å². The van der Waals surface area contributed by atoms with Crippen molar-refractivity contribution in [3.05, 3.63) is 109 Å². The summed E-state index contributed by atoms with van der Waals surface area (Å²) in [6, 6.07) is -1.00. The summed E-state index contributed by atoms with van der Waals surface area (Å²) in [7, 11) is 0. The average molecular weight is 1110 g/mol. The summed E-state index contributed by atoms with van der Waals surface area (Å²) in [5.41, 5.74) is 0. The van der Waals surface area contributed by atoms with Crippen LogP contribution in [0.5, 0.6) is 0 Å². The van der Waals surface area contributed by atoms with E-state index in [2.05, 4.69) is 116 Å². The number of amides is 1. The molecule has 444 valence electrons. The fourth-order valence-corrected chi connectivity index (χ4v) is 8.67. The summed E-state index contributed by atoms with van der Waals surface area (Å²) in [5, 5.41) is 119. The van der Waals surface area contributed by atoms with Crippen LogP contribution in [0.4, 0.5) is 0 Å². The summed E-state index contributed by atoms with van der Waals surface area (Å²) >= 11 is 0. The molecule has 0 aromatic rings. The first kappa shape index (κ1) is 68.7. The molecule has 19 nitrogen and oxygen atoms in total. The third kappa shape index (κ3) is 25.5. The van der Waals surface area contributed by atoms with Crippen LogP contribution in [0.1, 0.15) is 123 Å². The van der Waals surface area contributed by atoms with Gasteiger partial charge in [-0.05, 0) is 83.5 Å². The minimum absolute atomic E-state index is 0.179. The number of unbranched alkanes of at least 4 members (excludes halogenated alkanes) is 6. The Labute approximate surface area is 462 Å². The van der Waals surface area contributed by atoms with Crippen molar-refractivity contribution < 1.29 is 89.4 Å². The monoisotopic (exact) mass is 1110 g/mol. The normalized spacial score (nSPS) is 31.3. The number of hydrogen-bond donors (Lipinski definition) is 12. The predicted molar refractivity (Wildman–Crippen MR) is 295 cm³/mol. The third-order valence-corrected chi connectivity index (χ3v) is 13.3. The van der Waals surface area contributed by atoms with Crippen molar-refractivity contribution >= 4 is 5.91 Å². The van der Waals surface area contributed by atoms with Crippen LogP contribution in [-0.2, 0) is 33.2 Å². The van der Waals surface area contributed by atoms with E-state index in [1.54, 1.807) is 6.08 Å². The Morgan fingerprint density at radius 1 is 0.474 bits per heavy atom. The van der Waals surface area contributed by atoms with Gasteiger partial charge in [-0.2, -0.15) is 0 Å². The first-order valence-corrected chi connectivity index (χ1v) is 28.1. The van der Waals surface area contributed by atoms with E-state index < -0.39 is 124 Å². The van der Waals surface area contributed by atoms with Crippen LogP contribution in [0.2, 0.25) is 0 Å². The molecule has 78 heavy (non-hydrogen) atoms. The van der Waals surface area contributed by atoms with E-state index >= 15 is 0 Å². The third-order valence-electron chi connectivity index (χ3n) is 13.3. The number of hydrogen-bond acceptors (Lipinski definition) is 18. The van der Waals surface area contributed by atoms with Crippen LogP contribution in [0.25, 0.3) is 0 Å². The predicted octanol–water partition coefficient (Wildman–Crippen LogP) is 3.97. The lowest BCUT2D eigenvalue weighted by Gasteiger charge is -2.48. The van der Waals surface area contributed by atoms with E-state index in [1.807, 2.05) is 6.08 Å². The summed E-state index contributed by atoms with van der Waals surface area (Å²) in [6.07, 6.45) is 25.7. The number of carbonyl (C=O) groups is 1. The van der Waals surface area contributed by atoms with Crippen molar-refractivity contribution in [2.75, 3.05) is 26.4 Å². The Morgan fingerprint density at radius 2 is 0.885 bits per heavy atom. The number of ether oxygens (including phenoxy) is 6. The fourth-order valence-electron chi connectivity index (χ4n) is 8.67. The fraction of sp³-hybridized carbons (Fsp3) is 0.678. The van der Waals surface area contributed by atoms with Crippen molar-refractivity contribution in [2.45, 2.75) is 227 Å². The van der Waals surface area contributed by atoms with E-state index in [0.29, 0.717) is 12.8 Å². The Balaban J connectivity index is 1.43. The van der Waals surface area contributed by atoms with E-state index in [4.69, 9.17) is 28.4 Å². The lowest BCUT2D eigenvalue weighted by Crippen LogP contribution is -2.66. The molecule has 0 radical (unpaired) electrons. The highest BCUT2D eigenvalue weighted by Crippen LogP contribution is 2.33. The van der Waals surface area contributed by atoms with Gasteiger partial charge < -0.3 is 89.9 Å². The lowest BCUT2D eigenvalue weighted by atomic mass is 9.96. The van der Waals surface area contributed by atoms with Crippen LogP contribution >= 0.6 is 0 Å². The average Bonchev–Trinajstić information content (AvgIpc) is 3.45. The summed E-state index contributed by atoms with van der Waals surface area (Å²) in [4.78, 5) is 13.2. The Bertz CT molecular complexity index is 1850. The molecule has 3 saturated heterocycles. The largest absolute Gasteiger partial charge is 0.394 e. The second kappa shape index (κ2) is 41.4. The molecule has 12 N–H and O–H groups in total. The van der Waals surface area contributed by atoms with E-state index in [0.717, 1.165) is 89.9 Å². The molecule has 3 aliphatic heterocycles. The topological polar surface area (TPSA) is 307 Å². The number of aliphatic hydroxyl groups is 11. The van der Waals surface area contributed by atoms with Crippen LogP contribution in [0.3, 0.4) is 0 Å². The number of allylic oxidation sites excluding steroid dienone is 17. The molecule has 19 heteroatoms.